The third kappa shape index (κ3) is 2.42. The molecule has 4 rings (SSSR count). The number of halogens is 1. The zero-order valence-corrected chi connectivity index (χ0v) is 13.6. The van der Waals surface area contributed by atoms with Crippen LogP contribution in [0.15, 0.2) is 35.3 Å². The third-order valence-corrected chi connectivity index (χ3v) is 4.82. The Bertz CT molecular complexity index is 936. The average molecular weight is 326 g/mol. The van der Waals surface area contributed by atoms with Gasteiger partial charge in [0.15, 0.2) is 5.65 Å². The zero-order chi connectivity index (χ0) is 16.7. The second kappa shape index (κ2) is 5.85. The quantitative estimate of drug-likeness (QED) is 0.724. The highest BCUT2D eigenvalue weighted by Crippen LogP contribution is 2.28. The minimum absolute atomic E-state index is 0.0299. The molecule has 0 amide bonds. The Balaban J connectivity index is 1.86. The van der Waals surface area contributed by atoms with Gasteiger partial charge < -0.3 is 0 Å². The summed E-state index contributed by atoms with van der Waals surface area (Å²) in [6.07, 6.45) is 7.17. The molecule has 0 atom stereocenters. The first kappa shape index (κ1) is 15.1. The van der Waals surface area contributed by atoms with E-state index in [1.54, 1.807) is 23.0 Å². The van der Waals surface area contributed by atoms with Crippen LogP contribution in [-0.2, 0) is 0 Å². The maximum atomic E-state index is 13.1. The van der Waals surface area contributed by atoms with Crippen LogP contribution in [-0.4, -0.2) is 19.3 Å². The first-order chi connectivity index (χ1) is 11.6. The van der Waals surface area contributed by atoms with Gasteiger partial charge in [0.2, 0.25) is 0 Å². The van der Waals surface area contributed by atoms with Crippen LogP contribution >= 0.6 is 0 Å². The Kier molecular flexibility index (Phi) is 3.67. The van der Waals surface area contributed by atoms with Crippen LogP contribution in [0.4, 0.5) is 4.39 Å². The highest BCUT2D eigenvalue weighted by Gasteiger charge is 2.21. The number of hydrogen-bond donors (Lipinski definition) is 0. The Morgan fingerprint density at radius 2 is 1.83 bits per heavy atom. The zero-order valence-electron chi connectivity index (χ0n) is 13.6. The lowest BCUT2D eigenvalue weighted by Gasteiger charge is -2.25. The van der Waals surface area contributed by atoms with Crippen LogP contribution in [0, 0.1) is 12.7 Å². The van der Waals surface area contributed by atoms with Crippen LogP contribution in [0.5, 0.6) is 0 Å². The minimum Gasteiger partial charge on any atom is -0.293 e. The van der Waals surface area contributed by atoms with E-state index in [1.807, 2.05) is 11.5 Å². The van der Waals surface area contributed by atoms with E-state index in [2.05, 4.69) is 10.1 Å². The fraction of sp³-hybridized carbons (Fsp3) is 0.389. The standard InChI is InChI=1S/C18H19FN4O/c1-12-21-17-16(18(24)22(12)14-5-3-2-4-6-14)11-20-23(17)15-9-7-13(19)8-10-15/h7-11,14H,2-6H2,1H3. The van der Waals surface area contributed by atoms with E-state index in [4.69, 9.17) is 0 Å². The van der Waals surface area contributed by atoms with E-state index in [1.165, 1.54) is 18.6 Å². The molecule has 0 N–H and O–H groups in total. The van der Waals surface area contributed by atoms with Crippen molar-refractivity contribution >= 4 is 11.0 Å². The largest absolute Gasteiger partial charge is 0.293 e. The average Bonchev–Trinajstić information content (AvgIpc) is 3.00. The molecule has 0 aliphatic heterocycles. The normalized spacial score (nSPS) is 15.9. The smallest absolute Gasteiger partial charge is 0.264 e. The highest BCUT2D eigenvalue weighted by atomic mass is 19.1. The minimum atomic E-state index is -0.306. The lowest BCUT2D eigenvalue weighted by Crippen LogP contribution is -2.29. The highest BCUT2D eigenvalue weighted by molar-refractivity contribution is 5.75. The van der Waals surface area contributed by atoms with Crippen molar-refractivity contribution in [3.63, 3.8) is 0 Å². The van der Waals surface area contributed by atoms with Gasteiger partial charge >= 0.3 is 0 Å². The van der Waals surface area contributed by atoms with Crippen molar-refractivity contribution in [3.05, 3.63) is 52.5 Å². The van der Waals surface area contributed by atoms with Crippen molar-refractivity contribution in [2.45, 2.75) is 45.1 Å². The van der Waals surface area contributed by atoms with E-state index < -0.39 is 0 Å². The van der Waals surface area contributed by atoms with Crippen LogP contribution in [0.2, 0.25) is 0 Å². The molecule has 0 spiro atoms. The summed E-state index contributed by atoms with van der Waals surface area (Å²) in [6.45, 7) is 1.87. The van der Waals surface area contributed by atoms with E-state index in [0.29, 0.717) is 22.5 Å². The summed E-state index contributed by atoms with van der Waals surface area (Å²) in [5.74, 6) is 0.405. The van der Waals surface area contributed by atoms with Crippen molar-refractivity contribution in [2.75, 3.05) is 0 Å². The molecule has 1 saturated carbocycles. The predicted octanol–water partition coefficient (Wildman–Crippen LogP) is 3.53. The van der Waals surface area contributed by atoms with Gasteiger partial charge in [-0.3, -0.25) is 9.36 Å². The van der Waals surface area contributed by atoms with Crippen LogP contribution in [0.1, 0.15) is 44.0 Å². The van der Waals surface area contributed by atoms with Crippen molar-refractivity contribution < 1.29 is 4.39 Å². The molecule has 5 nitrogen and oxygen atoms in total. The first-order valence-corrected chi connectivity index (χ1v) is 8.38. The molecule has 3 aromatic rings. The molecule has 2 aromatic heterocycles. The maximum absolute atomic E-state index is 13.1. The van der Waals surface area contributed by atoms with Crippen LogP contribution in [0.3, 0.4) is 0 Å². The Hall–Kier alpha value is -2.50. The Morgan fingerprint density at radius 1 is 1.12 bits per heavy atom. The summed E-state index contributed by atoms with van der Waals surface area (Å²) in [7, 11) is 0. The van der Waals surface area contributed by atoms with Crippen molar-refractivity contribution in [1.82, 2.24) is 19.3 Å². The summed E-state index contributed by atoms with van der Waals surface area (Å²) in [5, 5.41) is 4.81. The van der Waals surface area contributed by atoms with E-state index in [0.717, 1.165) is 25.7 Å². The molecule has 1 aromatic carbocycles. The van der Waals surface area contributed by atoms with Gasteiger partial charge in [-0.2, -0.15) is 5.10 Å². The molecule has 0 saturated heterocycles. The fourth-order valence-electron chi connectivity index (χ4n) is 3.62. The van der Waals surface area contributed by atoms with Crippen LogP contribution in [0.25, 0.3) is 16.7 Å². The van der Waals surface area contributed by atoms with Gasteiger partial charge in [0.1, 0.15) is 17.0 Å². The topological polar surface area (TPSA) is 52.7 Å². The number of aryl methyl sites for hydroxylation is 1. The predicted molar refractivity (Wildman–Crippen MR) is 89.9 cm³/mol. The number of rotatable bonds is 2. The number of benzene rings is 1. The number of hydrogen-bond acceptors (Lipinski definition) is 3. The molecule has 0 unspecified atom stereocenters. The Labute approximate surface area is 138 Å². The molecule has 1 aliphatic carbocycles. The molecule has 1 aliphatic rings. The van der Waals surface area contributed by atoms with Gasteiger partial charge in [0.05, 0.1) is 11.9 Å². The number of fused-ring (bicyclic) bond motifs is 1. The van der Waals surface area contributed by atoms with E-state index in [-0.39, 0.29) is 17.4 Å². The van der Waals surface area contributed by atoms with Gasteiger partial charge in [0.25, 0.3) is 5.56 Å². The maximum Gasteiger partial charge on any atom is 0.264 e. The molecule has 24 heavy (non-hydrogen) atoms. The van der Waals surface area contributed by atoms with Gasteiger partial charge in [0, 0.05) is 6.04 Å². The van der Waals surface area contributed by atoms with Crippen molar-refractivity contribution in [1.29, 1.82) is 0 Å². The summed E-state index contributed by atoms with van der Waals surface area (Å²) in [6, 6.07) is 6.24. The summed E-state index contributed by atoms with van der Waals surface area (Å²) in [4.78, 5) is 17.6. The molecule has 0 radical (unpaired) electrons. The fourth-order valence-corrected chi connectivity index (χ4v) is 3.62. The molecular formula is C18H19FN4O. The SMILES string of the molecule is Cc1nc2c(cnn2-c2ccc(F)cc2)c(=O)n1C1CCCCC1. The summed E-state index contributed by atoms with van der Waals surface area (Å²) < 4.78 is 16.6. The molecule has 0 bridgehead atoms. The van der Waals surface area contributed by atoms with Gasteiger partial charge in [-0.15, -0.1) is 0 Å². The van der Waals surface area contributed by atoms with Gasteiger partial charge in [-0.25, -0.2) is 14.1 Å². The molecule has 2 heterocycles. The van der Waals surface area contributed by atoms with E-state index in [9.17, 15) is 9.18 Å². The Morgan fingerprint density at radius 3 is 2.54 bits per heavy atom. The summed E-state index contributed by atoms with van der Waals surface area (Å²) in [5.41, 5.74) is 1.18. The molecule has 1 fully saturated rings. The van der Waals surface area contributed by atoms with Crippen molar-refractivity contribution in [2.24, 2.45) is 0 Å². The monoisotopic (exact) mass is 326 g/mol. The molecule has 124 valence electrons. The van der Waals surface area contributed by atoms with Gasteiger partial charge in [-0.05, 0) is 44.0 Å². The second-order valence-corrected chi connectivity index (χ2v) is 6.40. The molecule has 6 heteroatoms. The first-order valence-electron chi connectivity index (χ1n) is 8.38. The number of nitrogens with zero attached hydrogens (tertiary/aromatic N) is 4. The second-order valence-electron chi connectivity index (χ2n) is 6.40. The van der Waals surface area contributed by atoms with Gasteiger partial charge in [-0.1, -0.05) is 19.3 Å². The number of aromatic nitrogens is 4. The van der Waals surface area contributed by atoms with Crippen molar-refractivity contribution in [3.8, 4) is 5.69 Å². The molecular weight excluding hydrogens is 307 g/mol. The van der Waals surface area contributed by atoms with E-state index >= 15 is 0 Å². The van der Waals surface area contributed by atoms with Crippen LogP contribution < -0.4 is 5.56 Å². The lowest BCUT2D eigenvalue weighted by atomic mass is 9.95. The third-order valence-electron chi connectivity index (χ3n) is 4.82. The summed E-state index contributed by atoms with van der Waals surface area (Å²) >= 11 is 0. The lowest BCUT2D eigenvalue weighted by molar-refractivity contribution is 0.339.